The van der Waals surface area contributed by atoms with Gasteiger partial charge in [0.2, 0.25) is 0 Å². The van der Waals surface area contributed by atoms with Crippen molar-refractivity contribution in [1.82, 2.24) is 5.32 Å². The molecule has 0 aliphatic rings. The highest BCUT2D eigenvalue weighted by molar-refractivity contribution is 6.30. The molecule has 112 valence electrons. The van der Waals surface area contributed by atoms with Crippen molar-refractivity contribution in [2.24, 2.45) is 0 Å². The van der Waals surface area contributed by atoms with Gasteiger partial charge in [-0.3, -0.25) is 0 Å². The summed E-state index contributed by atoms with van der Waals surface area (Å²) in [7, 11) is 2.10. The zero-order valence-corrected chi connectivity index (χ0v) is 13.7. The van der Waals surface area contributed by atoms with Crippen LogP contribution in [-0.4, -0.2) is 13.1 Å². The molecule has 3 heteroatoms. The van der Waals surface area contributed by atoms with Crippen molar-refractivity contribution < 1.29 is 0 Å². The van der Waals surface area contributed by atoms with Gasteiger partial charge < -0.3 is 10.2 Å². The van der Waals surface area contributed by atoms with E-state index in [1.165, 1.54) is 16.8 Å². The van der Waals surface area contributed by atoms with E-state index in [2.05, 4.69) is 61.4 Å². The van der Waals surface area contributed by atoms with Gasteiger partial charge in [0.1, 0.15) is 0 Å². The van der Waals surface area contributed by atoms with Crippen LogP contribution in [0.3, 0.4) is 0 Å². The highest BCUT2D eigenvalue weighted by Crippen LogP contribution is 2.18. The summed E-state index contributed by atoms with van der Waals surface area (Å²) in [4.78, 5) is 2.23. The number of nitrogens with zero attached hydrogens (tertiary/aromatic N) is 1. The van der Waals surface area contributed by atoms with Gasteiger partial charge in [0.05, 0.1) is 0 Å². The Hall–Kier alpha value is -1.51. The van der Waals surface area contributed by atoms with E-state index in [-0.39, 0.29) is 0 Å². The minimum atomic E-state index is 0.509. The zero-order chi connectivity index (χ0) is 15.2. The van der Waals surface area contributed by atoms with Gasteiger partial charge in [-0.1, -0.05) is 49.7 Å². The molecule has 0 amide bonds. The number of benzene rings is 2. The Bertz CT molecular complexity index is 564. The average molecular weight is 303 g/mol. The molecule has 2 aromatic carbocycles. The molecular weight excluding hydrogens is 280 g/mol. The first-order chi connectivity index (χ1) is 10.0. The van der Waals surface area contributed by atoms with Crippen LogP contribution < -0.4 is 10.2 Å². The third-order valence-corrected chi connectivity index (χ3v) is 3.64. The molecule has 0 aliphatic carbocycles. The molecule has 2 rings (SSSR count). The summed E-state index contributed by atoms with van der Waals surface area (Å²) < 4.78 is 0. The first-order valence-electron chi connectivity index (χ1n) is 7.32. The lowest BCUT2D eigenvalue weighted by molar-refractivity contribution is 0.589. The van der Waals surface area contributed by atoms with E-state index in [0.29, 0.717) is 6.04 Å². The third-order valence-electron chi connectivity index (χ3n) is 3.40. The van der Waals surface area contributed by atoms with Crippen molar-refractivity contribution >= 4 is 17.3 Å². The van der Waals surface area contributed by atoms with E-state index in [9.17, 15) is 0 Å². The van der Waals surface area contributed by atoms with Gasteiger partial charge in [-0.05, 0) is 35.4 Å². The Morgan fingerprint density at radius 1 is 1.05 bits per heavy atom. The molecule has 0 spiro atoms. The Morgan fingerprint density at radius 3 is 2.38 bits per heavy atom. The monoisotopic (exact) mass is 302 g/mol. The van der Waals surface area contributed by atoms with Crippen LogP contribution in [0.25, 0.3) is 0 Å². The van der Waals surface area contributed by atoms with Crippen molar-refractivity contribution in [3.8, 4) is 0 Å². The van der Waals surface area contributed by atoms with Gasteiger partial charge in [-0.15, -0.1) is 0 Å². The van der Waals surface area contributed by atoms with Crippen LogP contribution in [-0.2, 0) is 13.1 Å². The lowest BCUT2D eigenvalue weighted by Gasteiger charge is -2.20. The van der Waals surface area contributed by atoms with Gasteiger partial charge >= 0.3 is 0 Å². The van der Waals surface area contributed by atoms with Gasteiger partial charge in [-0.25, -0.2) is 0 Å². The maximum atomic E-state index is 6.03. The zero-order valence-electron chi connectivity index (χ0n) is 12.9. The lowest BCUT2D eigenvalue weighted by Crippen LogP contribution is -2.22. The quantitative estimate of drug-likeness (QED) is 0.846. The van der Waals surface area contributed by atoms with Crippen LogP contribution in [0.1, 0.15) is 25.0 Å². The Balaban J connectivity index is 1.97. The summed E-state index contributed by atoms with van der Waals surface area (Å²) >= 11 is 6.03. The van der Waals surface area contributed by atoms with E-state index in [0.717, 1.165) is 18.1 Å². The minimum Gasteiger partial charge on any atom is -0.370 e. The third kappa shape index (κ3) is 5.07. The molecule has 2 nitrogen and oxygen atoms in total. The summed E-state index contributed by atoms with van der Waals surface area (Å²) in [6.07, 6.45) is 0. The number of nitrogens with one attached hydrogen (secondary N) is 1. The molecule has 0 unspecified atom stereocenters. The smallest absolute Gasteiger partial charge is 0.0426 e. The Labute approximate surface area is 132 Å². The van der Waals surface area contributed by atoms with E-state index < -0.39 is 0 Å². The first-order valence-corrected chi connectivity index (χ1v) is 7.70. The predicted molar refractivity (Wildman–Crippen MR) is 92.0 cm³/mol. The van der Waals surface area contributed by atoms with Crippen LogP contribution in [0.2, 0.25) is 5.02 Å². The summed E-state index contributed by atoms with van der Waals surface area (Å²) in [6, 6.07) is 17.2. The van der Waals surface area contributed by atoms with E-state index in [1.807, 2.05) is 18.2 Å². The fourth-order valence-corrected chi connectivity index (χ4v) is 2.40. The molecule has 1 N–H and O–H groups in total. The molecule has 2 aromatic rings. The molecule has 0 aliphatic heterocycles. The second-order valence-electron chi connectivity index (χ2n) is 5.69. The number of rotatable bonds is 6. The van der Waals surface area contributed by atoms with Crippen LogP contribution >= 0.6 is 11.6 Å². The first kappa shape index (κ1) is 15.9. The average Bonchev–Trinajstić information content (AvgIpc) is 2.45. The summed E-state index contributed by atoms with van der Waals surface area (Å²) in [5, 5.41) is 4.22. The van der Waals surface area contributed by atoms with Crippen LogP contribution in [0, 0.1) is 0 Å². The number of anilines is 1. The molecule has 0 saturated carbocycles. The van der Waals surface area contributed by atoms with Gasteiger partial charge in [-0.2, -0.15) is 0 Å². The molecule has 0 heterocycles. The van der Waals surface area contributed by atoms with Crippen molar-refractivity contribution in [3.63, 3.8) is 0 Å². The van der Waals surface area contributed by atoms with Gasteiger partial charge in [0.25, 0.3) is 0 Å². The highest BCUT2D eigenvalue weighted by Gasteiger charge is 2.03. The summed E-state index contributed by atoms with van der Waals surface area (Å²) in [5.41, 5.74) is 3.74. The van der Waals surface area contributed by atoms with Crippen LogP contribution in [0.5, 0.6) is 0 Å². The largest absolute Gasteiger partial charge is 0.370 e. The summed E-state index contributed by atoms with van der Waals surface area (Å²) in [5.74, 6) is 0. The maximum Gasteiger partial charge on any atom is 0.0426 e. The lowest BCUT2D eigenvalue weighted by atomic mass is 10.1. The van der Waals surface area contributed by atoms with Gasteiger partial charge in [0.15, 0.2) is 0 Å². The van der Waals surface area contributed by atoms with Crippen molar-refractivity contribution in [1.29, 1.82) is 0 Å². The maximum absolute atomic E-state index is 6.03. The second-order valence-corrected chi connectivity index (χ2v) is 6.12. The fraction of sp³-hybridized carbons (Fsp3) is 0.333. The van der Waals surface area contributed by atoms with Crippen LogP contribution in [0.4, 0.5) is 5.69 Å². The fourth-order valence-electron chi connectivity index (χ4n) is 2.19. The molecule has 0 aromatic heterocycles. The molecule has 0 saturated heterocycles. The Kier molecular flexibility index (Phi) is 5.66. The van der Waals surface area contributed by atoms with E-state index >= 15 is 0 Å². The molecule has 0 bridgehead atoms. The Morgan fingerprint density at radius 2 is 1.76 bits per heavy atom. The summed E-state index contributed by atoms with van der Waals surface area (Å²) in [6.45, 7) is 6.08. The molecular formula is C18H23ClN2. The van der Waals surface area contributed by atoms with Crippen molar-refractivity contribution in [2.75, 3.05) is 11.9 Å². The highest BCUT2D eigenvalue weighted by atomic mass is 35.5. The molecule has 0 radical (unpaired) electrons. The standard InChI is InChI=1S/C18H23ClN2/c1-14(2)20-12-15-7-9-18(10-8-15)21(3)13-16-5-4-6-17(19)11-16/h4-11,14,20H,12-13H2,1-3H3. The van der Waals surface area contributed by atoms with E-state index in [1.54, 1.807) is 0 Å². The number of hydrogen-bond donors (Lipinski definition) is 1. The van der Waals surface area contributed by atoms with E-state index in [4.69, 9.17) is 11.6 Å². The normalized spacial score (nSPS) is 10.9. The van der Waals surface area contributed by atoms with Crippen LogP contribution in [0.15, 0.2) is 48.5 Å². The molecule has 0 atom stereocenters. The predicted octanol–water partition coefficient (Wildman–Crippen LogP) is 4.47. The molecule has 0 fully saturated rings. The second kappa shape index (κ2) is 7.48. The van der Waals surface area contributed by atoms with Crippen molar-refractivity contribution in [3.05, 3.63) is 64.7 Å². The number of hydrogen-bond acceptors (Lipinski definition) is 2. The molecule has 21 heavy (non-hydrogen) atoms. The van der Waals surface area contributed by atoms with Gasteiger partial charge in [0, 0.05) is 36.9 Å². The minimum absolute atomic E-state index is 0.509. The SMILES string of the molecule is CC(C)NCc1ccc(N(C)Cc2cccc(Cl)c2)cc1. The number of halogens is 1. The van der Waals surface area contributed by atoms with Crippen molar-refractivity contribution in [2.45, 2.75) is 33.0 Å². The topological polar surface area (TPSA) is 15.3 Å².